The average molecular weight is 367 g/mol. The number of anilines is 1. The van der Waals surface area contributed by atoms with Gasteiger partial charge in [0, 0.05) is 44.2 Å². The molecule has 7 heteroatoms. The molecular weight excluding hydrogens is 336 g/mol. The molecule has 1 unspecified atom stereocenters. The summed E-state index contributed by atoms with van der Waals surface area (Å²) in [4.78, 5) is 6.88. The molecule has 1 fully saturated rings. The number of guanidine groups is 1. The van der Waals surface area contributed by atoms with Gasteiger partial charge in [0.1, 0.15) is 9.84 Å². The first-order chi connectivity index (χ1) is 11.9. The van der Waals surface area contributed by atoms with Crippen LogP contribution in [0.15, 0.2) is 29.3 Å². The number of nitrogens with one attached hydrogen (secondary N) is 2. The minimum Gasteiger partial charge on any atom is -0.369 e. The Hall–Kier alpha value is -1.76. The van der Waals surface area contributed by atoms with Gasteiger partial charge in [0.25, 0.3) is 0 Å². The summed E-state index contributed by atoms with van der Waals surface area (Å²) in [5.41, 5.74) is 2.53. The standard InChI is InChI=1S/C18H30N4O2S/c1-4-19-18(20-11-5-13-25(3,23)24)21-16-10-12-22(14-16)17-8-6-15(2)7-9-17/h6-9,16H,4-5,10-14H2,1-3H3,(H2,19,20,21). The molecule has 1 aromatic carbocycles. The van der Waals surface area contributed by atoms with Crippen molar-refractivity contribution < 1.29 is 8.42 Å². The predicted octanol–water partition coefficient (Wildman–Crippen LogP) is 1.56. The molecule has 2 N–H and O–H groups in total. The number of rotatable bonds is 7. The minimum atomic E-state index is -2.91. The molecule has 0 spiro atoms. The molecule has 1 aromatic rings. The Kier molecular flexibility index (Phi) is 7.11. The Bertz CT molecular complexity index is 671. The molecule has 140 valence electrons. The van der Waals surface area contributed by atoms with E-state index in [1.807, 2.05) is 6.92 Å². The van der Waals surface area contributed by atoms with Crippen LogP contribution in [0.1, 0.15) is 25.3 Å². The molecule has 25 heavy (non-hydrogen) atoms. The van der Waals surface area contributed by atoms with Crippen molar-refractivity contribution in [3.05, 3.63) is 29.8 Å². The van der Waals surface area contributed by atoms with Gasteiger partial charge in [0.2, 0.25) is 0 Å². The summed E-state index contributed by atoms with van der Waals surface area (Å²) in [5.74, 6) is 0.951. The van der Waals surface area contributed by atoms with E-state index in [2.05, 4.69) is 51.7 Å². The first-order valence-corrected chi connectivity index (χ1v) is 11.0. The minimum absolute atomic E-state index is 0.181. The van der Waals surface area contributed by atoms with Crippen LogP contribution in [-0.4, -0.2) is 58.6 Å². The molecule has 2 rings (SSSR count). The fourth-order valence-electron chi connectivity index (χ4n) is 2.90. The van der Waals surface area contributed by atoms with Gasteiger partial charge in [-0.1, -0.05) is 17.7 Å². The topological polar surface area (TPSA) is 73.8 Å². The van der Waals surface area contributed by atoms with Crippen molar-refractivity contribution >= 4 is 21.5 Å². The Morgan fingerprint density at radius 2 is 2.04 bits per heavy atom. The van der Waals surface area contributed by atoms with Crippen LogP contribution in [0.4, 0.5) is 5.69 Å². The van der Waals surface area contributed by atoms with Crippen LogP contribution in [0, 0.1) is 6.92 Å². The summed E-state index contributed by atoms with van der Waals surface area (Å²) in [7, 11) is -2.91. The van der Waals surface area contributed by atoms with Crippen molar-refractivity contribution in [3.8, 4) is 0 Å². The molecule has 1 heterocycles. The van der Waals surface area contributed by atoms with Gasteiger partial charge in [0.05, 0.1) is 5.75 Å². The first-order valence-electron chi connectivity index (χ1n) is 8.91. The van der Waals surface area contributed by atoms with E-state index >= 15 is 0 Å². The van der Waals surface area contributed by atoms with Gasteiger partial charge in [-0.25, -0.2) is 8.42 Å². The maximum absolute atomic E-state index is 11.2. The van der Waals surface area contributed by atoms with Crippen molar-refractivity contribution in [1.82, 2.24) is 10.6 Å². The van der Waals surface area contributed by atoms with Crippen molar-refractivity contribution in [2.24, 2.45) is 4.99 Å². The molecule has 1 aliphatic heterocycles. The van der Waals surface area contributed by atoms with Crippen LogP contribution in [0.25, 0.3) is 0 Å². The summed E-state index contributed by atoms with van der Waals surface area (Å²) in [6.45, 7) is 7.39. The lowest BCUT2D eigenvalue weighted by Gasteiger charge is -2.20. The van der Waals surface area contributed by atoms with Gasteiger partial charge in [0.15, 0.2) is 5.96 Å². The van der Waals surface area contributed by atoms with Crippen LogP contribution in [-0.2, 0) is 9.84 Å². The van der Waals surface area contributed by atoms with E-state index < -0.39 is 9.84 Å². The van der Waals surface area contributed by atoms with E-state index in [0.29, 0.717) is 19.0 Å². The van der Waals surface area contributed by atoms with E-state index in [9.17, 15) is 8.42 Å². The average Bonchev–Trinajstić information content (AvgIpc) is 3.00. The molecule has 0 amide bonds. The number of aryl methyl sites for hydroxylation is 1. The van der Waals surface area contributed by atoms with Crippen LogP contribution >= 0.6 is 0 Å². The zero-order valence-electron chi connectivity index (χ0n) is 15.5. The quantitative estimate of drug-likeness (QED) is 0.435. The Morgan fingerprint density at radius 1 is 1.32 bits per heavy atom. The smallest absolute Gasteiger partial charge is 0.191 e. The fraction of sp³-hybridized carbons (Fsp3) is 0.611. The number of hydrogen-bond donors (Lipinski definition) is 2. The first kappa shape index (κ1) is 19.6. The van der Waals surface area contributed by atoms with Crippen LogP contribution < -0.4 is 15.5 Å². The lowest BCUT2D eigenvalue weighted by molar-refractivity contribution is 0.599. The van der Waals surface area contributed by atoms with Crippen molar-refractivity contribution in [2.75, 3.05) is 43.1 Å². The van der Waals surface area contributed by atoms with Gasteiger partial charge in [-0.2, -0.15) is 0 Å². The van der Waals surface area contributed by atoms with Crippen LogP contribution in [0.3, 0.4) is 0 Å². The SMILES string of the molecule is CCNC(=NCCCS(C)(=O)=O)NC1CCN(c2ccc(C)cc2)C1. The van der Waals surface area contributed by atoms with Crippen molar-refractivity contribution in [2.45, 2.75) is 32.7 Å². The van der Waals surface area contributed by atoms with Gasteiger partial charge in [-0.05, 0) is 38.8 Å². The number of aliphatic imine (C=N–C) groups is 1. The molecule has 0 aromatic heterocycles. The summed E-state index contributed by atoms with van der Waals surface area (Å²) in [6.07, 6.45) is 2.87. The van der Waals surface area contributed by atoms with Crippen molar-refractivity contribution in [1.29, 1.82) is 0 Å². The molecule has 0 saturated carbocycles. The third-order valence-corrected chi connectivity index (χ3v) is 5.25. The molecular formula is C18H30N4O2S. The van der Waals surface area contributed by atoms with Crippen LogP contribution in [0.2, 0.25) is 0 Å². The second-order valence-corrected chi connectivity index (χ2v) is 8.92. The number of benzene rings is 1. The highest BCUT2D eigenvalue weighted by atomic mass is 32.2. The van der Waals surface area contributed by atoms with E-state index in [1.165, 1.54) is 17.5 Å². The van der Waals surface area contributed by atoms with E-state index in [1.54, 1.807) is 0 Å². The summed E-state index contributed by atoms with van der Waals surface area (Å²) >= 11 is 0. The highest BCUT2D eigenvalue weighted by Crippen LogP contribution is 2.20. The molecule has 0 radical (unpaired) electrons. The second kappa shape index (κ2) is 9.08. The van der Waals surface area contributed by atoms with Crippen LogP contribution in [0.5, 0.6) is 0 Å². The van der Waals surface area contributed by atoms with Crippen molar-refractivity contribution in [3.63, 3.8) is 0 Å². The Labute approximate surface area is 151 Å². The predicted molar refractivity (Wildman–Crippen MR) is 105 cm³/mol. The zero-order valence-corrected chi connectivity index (χ0v) is 16.3. The largest absolute Gasteiger partial charge is 0.369 e. The van der Waals surface area contributed by atoms with E-state index in [4.69, 9.17) is 0 Å². The summed E-state index contributed by atoms with van der Waals surface area (Å²) in [6, 6.07) is 8.96. The Balaban J connectivity index is 1.86. The lowest BCUT2D eigenvalue weighted by atomic mass is 10.2. The number of hydrogen-bond acceptors (Lipinski definition) is 4. The highest BCUT2D eigenvalue weighted by Gasteiger charge is 2.23. The summed E-state index contributed by atoms with van der Waals surface area (Å²) in [5, 5.41) is 6.71. The van der Waals surface area contributed by atoms with E-state index in [-0.39, 0.29) is 5.75 Å². The zero-order chi connectivity index (χ0) is 18.3. The number of sulfone groups is 1. The number of nitrogens with zero attached hydrogens (tertiary/aromatic N) is 2. The molecule has 6 nitrogen and oxygen atoms in total. The lowest BCUT2D eigenvalue weighted by Crippen LogP contribution is -2.44. The second-order valence-electron chi connectivity index (χ2n) is 6.66. The molecule has 0 bridgehead atoms. The van der Waals surface area contributed by atoms with Gasteiger partial charge in [-0.3, -0.25) is 4.99 Å². The molecule has 0 aliphatic carbocycles. The molecule has 1 saturated heterocycles. The Morgan fingerprint density at radius 3 is 2.68 bits per heavy atom. The highest BCUT2D eigenvalue weighted by molar-refractivity contribution is 7.90. The maximum Gasteiger partial charge on any atom is 0.191 e. The fourth-order valence-corrected chi connectivity index (χ4v) is 3.55. The maximum atomic E-state index is 11.2. The monoisotopic (exact) mass is 366 g/mol. The van der Waals surface area contributed by atoms with Gasteiger partial charge < -0.3 is 15.5 Å². The van der Waals surface area contributed by atoms with Gasteiger partial charge in [-0.15, -0.1) is 0 Å². The third kappa shape index (κ3) is 6.94. The molecule has 1 atom stereocenters. The molecule has 1 aliphatic rings. The normalized spacial score (nSPS) is 18.4. The van der Waals surface area contributed by atoms with Gasteiger partial charge >= 0.3 is 0 Å². The van der Waals surface area contributed by atoms with E-state index in [0.717, 1.165) is 32.0 Å². The summed E-state index contributed by atoms with van der Waals surface area (Å²) < 4.78 is 22.4. The third-order valence-electron chi connectivity index (χ3n) is 4.22.